The number of nitrogens with one attached hydrogen (secondary N) is 2. The van der Waals surface area contributed by atoms with Gasteiger partial charge in [0.05, 0.1) is 18.5 Å². The summed E-state index contributed by atoms with van der Waals surface area (Å²) >= 11 is 6.44. The highest BCUT2D eigenvalue weighted by Gasteiger charge is 2.54. The van der Waals surface area contributed by atoms with E-state index in [1.807, 2.05) is 6.07 Å². The van der Waals surface area contributed by atoms with E-state index in [2.05, 4.69) is 10.6 Å². The van der Waals surface area contributed by atoms with Crippen LogP contribution in [-0.2, 0) is 14.9 Å². The van der Waals surface area contributed by atoms with Crippen LogP contribution in [0.3, 0.4) is 0 Å². The molecule has 26 heavy (non-hydrogen) atoms. The van der Waals surface area contributed by atoms with Crippen LogP contribution >= 0.6 is 11.6 Å². The molecule has 2 atom stereocenters. The normalized spacial score (nSPS) is 27.1. The fourth-order valence-electron chi connectivity index (χ4n) is 4.04. The summed E-state index contributed by atoms with van der Waals surface area (Å²) in [4.78, 5) is 14.9. The molecule has 3 aliphatic heterocycles. The third-order valence-corrected chi connectivity index (χ3v) is 5.64. The van der Waals surface area contributed by atoms with Crippen molar-refractivity contribution < 1.29 is 22.7 Å². The number of fused-ring (bicyclic) bond motifs is 2. The molecule has 0 radical (unpaired) electrons. The van der Waals surface area contributed by atoms with Gasteiger partial charge in [-0.3, -0.25) is 10.1 Å². The highest BCUT2D eigenvalue weighted by atomic mass is 35.5. The van der Waals surface area contributed by atoms with Gasteiger partial charge in [-0.25, -0.2) is 0 Å². The first-order valence-electron chi connectivity index (χ1n) is 8.59. The molecular weight excluding hydrogens is 371 g/mol. The fourth-order valence-corrected chi connectivity index (χ4v) is 4.39. The van der Waals surface area contributed by atoms with Gasteiger partial charge >= 0.3 is 6.18 Å². The number of carbonyl (C=O) groups is 1. The molecule has 2 fully saturated rings. The molecule has 1 aromatic carbocycles. The molecule has 9 heteroatoms. The van der Waals surface area contributed by atoms with Gasteiger partial charge in [-0.1, -0.05) is 17.7 Å². The van der Waals surface area contributed by atoms with E-state index in [1.54, 1.807) is 17.0 Å². The number of hydrogen-bond donors (Lipinski definition) is 2. The largest absolute Gasteiger partial charge is 0.401 e. The molecule has 0 bridgehead atoms. The fraction of sp³-hybridized carbons (Fsp3) is 0.588. The van der Waals surface area contributed by atoms with E-state index in [9.17, 15) is 18.0 Å². The summed E-state index contributed by atoms with van der Waals surface area (Å²) in [6.07, 6.45) is -4.12. The van der Waals surface area contributed by atoms with Crippen LogP contribution in [0.25, 0.3) is 0 Å². The number of piperidine rings is 1. The molecule has 3 aliphatic rings. The first-order valence-corrected chi connectivity index (χ1v) is 8.97. The number of hydrogen-bond acceptors (Lipinski definition) is 4. The minimum Gasteiger partial charge on any atom is -0.351 e. The summed E-state index contributed by atoms with van der Waals surface area (Å²) in [6, 6.07) is 5.41. The van der Waals surface area contributed by atoms with Crippen molar-refractivity contribution in [3.63, 3.8) is 0 Å². The lowest BCUT2D eigenvalue weighted by molar-refractivity contribution is -0.126. The van der Waals surface area contributed by atoms with E-state index < -0.39 is 30.5 Å². The Labute approximate surface area is 153 Å². The van der Waals surface area contributed by atoms with Gasteiger partial charge in [-0.15, -0.1) is 0 Å². The van der Waals surface area contributed by atoms with E-state index in [1.165, 1.54) is 0 Å². The molecule has 1 aromatic rings. The van der Waals surface area contributed by atoms with E-state index in [0.29, 0.717) is 17.9 Å². The molecule has 0 aromatic heterocycles. The van der Waals surface area contributed by atoms with Gasteiger partial charge in [-0.05, 0) is 38.1 Å². The van der Waals surface area contributed by atoms with Crippen molar-refractivity contribution in [2.45, 2.75) is 36.8 Å². The van der Waals surface area contributed by atoms with Crippen LogP contribution in [0, 0.1) is 0 Å². The summed E-state index contributed by atoms with van der Waals surface area (Å²) in [5, 5.41) is 6.14. The smallest absolute Gasteiger partial charge is 0.351 e. The predicted molar refractivity (Wildman–Crippen MR) is 90.3 cm³/mol. The third kappa shape index (κ3) is 3.09. The van der Waals surface area contributed by atoms with Gasteiger partial charge < -0.3 is 15.0 Å². The zero-order chi connectivity index (χ0) is 18.5. The van der Waals surface area contributed by atoms with Crippen molar-refractivity contribution >= 4 is 23.2 Å². The summed E-state index contributed by atoms with van der Waals surface area (Å²) in [5.74, 6) is -0.0350. The lowest BCUT2D eigenvalue weighted by atomic mass is 9.74. The molecule has 0 saturated carbocycles. The van der Waals surface area contributed by atoms with Crippen molar-refractivity contribution in [3.8, 4) is 0 Å². The average molecular weight is 390 g/mol. The summed E-state index contributed by atoms with van der Waals surface area (Å²) in [6.45, 7) is 0.552. The van der Waals surface area contributed by atoms with Crippen molar-refractivity contribution in [1.29, 1.82) is 0 Å². The monoisotopic (exact) mass is 389 g/mol. The quantitative estimate of drug-likeness (QED) is 0.775. The summed E-state index contributed by atoms with van der Waals surface area (Å²) in [5.41, 5.74) is 0.936. The number of benzene rings is 1. The Bertz CT molecular complexity index is 722. The first kappa shape index (κ1) is 18.0. The van der Waals surface area contributed by atoms with Gasteiger partial charge in [-0.2, -0.15) is 13.2 Å². The van der Waals surface area contributed by atoms with Crippen LogP contribution in [0.15, 0.2) is 18.2 Å². The van der Waals surface area contributed by atoms with Crippen molar-refractivity contribution in [3.05, 3.63) is 28.8 Å². The molecule has 0 aliphatic carbocycles. The van der Waals surface area contributed by atoms with Crippen LogP contribution in [0.2, 0.25) is 5.02 Å². The minimum atomic E-state index is -4.29. The lowest BCUT2D eigenvalue weighted by Crippen LogP contribution is -2.48. The lowest BCUT2D eigenvalue weighted by Gasteiger charge is -2.33. The van der Waals surface area contributed by atoms with Crippen LogP contribution in [-0.4, -0.2) is 50.6 Å². The molecule has 4 rings (SSSR count). The van der Waals surface area contributed by atoms with E-state index in [4.69, 9.17) is 16.3 Å². The number of alkyl halides is 3. The zero-order valence-electron chi connectivity index (χ0n) is 13.9. The SMILES string of the molecule is O=C1N(CC2OC2NCC(F)(F)F)c2cccc(Cl)c2C12CCNCC2. The van der Waals surface area contributed by atoms with Gasteiger partial charge in [0, 0.05) is 16.3 Å². The number of ether oxygens (including phenoxy) is 1. The third-order valence-electron chi connectivity index (χ3n) is 5.32. The molecule has 5 nitrogen and oxygen atoms in total. The molecule has 2 unspecified atom stereocenters. The number of rotatable bonds is 4. The molecule has 1 spiro atoms. The first-order chi connectivity index (χ1) is 12.3. The van der Waals surface area contributed by atoms with Gasteiger partial charge in [0.15, 0.2) is 0 Å². The number of nitrogens with zero attached hydrogens (tertiary/aromatic N) is 1. The molecule has 2 N–H and O–H groups in total. The van der Waals surface area contributed by atoms with Crippen LogP contribution in [0.1, 0.15) is 18.4 Å². The Morgan fingerprint density at radius 1 is 1.35 bits per heavy atom. The highest BCUT2D eigenvalue weighted by Crippen LogP contribution is 2.50. The number of epoxide rings is 1. The second-order valence-corrected chi connectivity index (χ2v) is 7.38. The Morgan fingerprint density at radius 3 is 2.77 bits per heavy atom. The van der Waals surface area contributed by atoms with E-state index >= 15 is 0 Å². The van der Waals surface area contributed by atoms with Gasteiger partial charge in [0.25, 0.3) is 0 Å². The van der Waals surface area contributed by atoms with Crippen molar-refractivity contribution in [1.82, 2.24) is 10.6 Å². The zero-order valence-corrected chi connectivity index (χ0v) is 14.7. The van der Waals surface area contributed by atoms with Crippen molar-refractivity contribution in [2.24, 2.45) is 0 Å². The Hall–Kier alpha value is -1.35. The van der Waals surface area contributed by atoms with Crippen LogP contribution in [0.4, 0.5) is 18.9 Å². The van der Waals surface area contributed by atoms with Gasteiger partial charge in [0.1, 0.15) is 12.3 Å². The standard InChI is InChI=1S/C17H19ClF3N3O2/c18-10-2-1-3-11-13(10)16(4-6-22-7-5-16)15(25)24(11)8-12-14(26-12)23-9-17(19,20)21/h1-3,12,14,22-23H,4-9H2. The highest BCUT2D eigenvalue weighted by molar-refractivity contribution is 6.33. The van der Waals surface area contributed by atoms with Crippen molar-refractivity contribution in [2.75, 3.05) is 31.1 Å². The predicted octanol–water partition coefficient (Wildman–Crippen LogP) is 2.18. The average Bonchev–Trinajstić information content (AvgIpc) is 3.31. The Morgan fingerprint density at radius 2 is 2.08 bits per heavy atom. The van der Waals surface area contributed by atoms with E-state index in [0.717, 1.165) is 24.3 Å². The summed E-state index contributed by atoms with van der Waals surface area (Å²) in [7, 11) is 0. The van der Waals surface area contributed by atoms with Crippen LogP contribution in [0.5, 0.6) is 0 Å². The topological polar surface area (TPSA) is 56.9 Å². The minimum absolute atomic E-state index is 0.0350. The molecule has 142 valence electrons. The maximum absolute atomic E-state index is 13.3. The number of halogens is 4. The molecule has 2 saturated heterocycles. The maximum atomic E-state index is 13.3. The number of carbonyl (C=O) groups excluding carboxylic acids is 1. The summed E-state index contributed by atoms with van der Waals surface area (Å²) < 4.78 is 42.2. The Balaban J connectivity index is 1.53. The van der Waals surface area contributed by atoms with Crippen LogP contribution < -0.4 is 15.5 Å². The number of anilines is 1. The molecular formula is C17H19ClF3N3O2. The second kappa shape index (κ2) is 6.37. The van der Waals surface area contributed by atoms with E-state index in [-0.39, 0.29) is 12.5 Å². The molecule has 1 amide bonds. The number of amides is 1. The Kier molecular flexibility index (Phi) is 4.42. The maximum Gasteiger partial charge on any atom is 0.401 e. The second-order valence-electron chi connectivity index (χ2n) is 6.97. The molecule has 3 heterocycles. The van der Waals surface area contributed by atoms with Gasteiger partial charge in [0.2, 0.25) is 5.91 Å².